The summed E-state index contributed by atoms with van der Waals surface area (Å²) in [5, 5.41) is 11.1. The van der Waals surface area contributed by atoms with Crippen LogP contribution in [0.25, 0.3) is 0 Å². The molecule has 2 heterocycles. The predicted octanol–water partition coefficient (Wildman–Crippen LogP) is 3.84. The number of phenolic OH excluding ortho intramolecular Hbond substituents is 1. The van der Waals surface area contributed by atoms with Crippen LogP contribution in [-0.4, -0.2) is 67.0 Å². The van der Waals surface area contributed by atoms with Gasteiger partial charge in [0.2, 0.25) is 10.0 Å². The van der Waals surface area contributed by atoms with Crippen LogP contribution < -0.4 is 9.47 Å². The molecule has 39 heavy (non-hydrogen) atoms. The molecule has 8 nitrogen and oxygen atoms in total. The first-order valence-electron chi connectivity index (χ1n) is 14.0. The maximum Gasteiger partial charge on any atom is 0.308 e. The average molecular weight is 555 g/mol. The van der Waals surface area contributed by atoms with Crippen molar-refractivity contribution in [3.8, 4) is 17.2 Å². The van der Waals surface area contributed by atoms with Crippen LogP contribution in [0.1, 0.15) is 56.7 Å². The van der Waals surface area contributed by atoms with Crippen LogP contribution in [0.4, 0.5) is 0 Å². The lowest BCUT2D eigenvalue weighted by molar-refractivity contribution is -0.132. The van der Waals surface area contributed by atoms with Crippen LogP contribution in [0.5, 0.6) is 17.2 Å². The Morgan fingerprint density at radius 1 is 1.26 bits per heavy atom. The fourth-order valence-corrected chi connectivity index (χ4v) is 9.92. The van der Waals surface area contributed by atoms with E-state index < -0.39 is 27.5 Å². The predicted molar refractivity (Wildman–Crippen MR) is 147 cm³/mol. The number of nitrogens with zero attached hydrogens (tertiary/aromatic N) is 2. The summed E-state index contributed by atoms with van der Waals surface area (Å²) in [5.41, 5.74) is 2.16. The van der Waals surface area contributed by atoms with Crippen molar-refractivity contribution in [2.75, 3.05) is 20.1 Å². The maximum atomic E-state index is 14.1. The van der Waals surface area contributed by atoms with E-state index in [2.05, 4.69) is 11.9 Å². The Bertz CT molecular complexity index is 1390. The molecule has 2 aliphatic carbocycles. The van der Waals surface area contributed by atoms with Gasteiger partial charge in [-0.1, -0.05) is 44.2 Å². The SMILES string of the molecule is CC(=O)Oc1cc(O)c2c3c1C[C@@H]1[C@@H]4CC[C@@H](N(CC(C)C)S(=O)(=O)Cc5ccccc5)[C@H](O2)[C@]34CCN1C. The minimum Gasteiger partial charge on any atom is -0.504 e. The largest absolute Gasteiger partial charge is 0.504 e. The van der Waals surface area contributed by atoms with E-state index in [9.17, 15) is 18.3 Å². The Morgan fingerprint density at radius 3 is 2.69 bits per heavy atom. The molecule has 0 unspecified atom stereocenters. The molecule has 4 aliphatic rings. The summed E-state index contributed by atoms with van der Waals surface area (Å²) < 4.78 is 42.2. The number of likely N-dealkylation sites (tertiary alicyclic amines) is 1. The summed E-state index contributed by atoms with van der Waals surface area (Å²) >= 11 is 0. The highest BCUT2D eigenvalue weighted by Crippen LogP contribution is 2.65. The Labute approximate surface area is 230 Å². The molecule has 5 atom stereocenters. The first-order chi connectivity index (χ1) is 18.5. The van der Waals surface area contributed by atoms with Gasteiger partial charge in [-0.2, -0.15) is 4.31 Å². The first-order valence-corrected chi connectivity index (χ1v) is 15.6. The van der Waals surface area contributed by atoms with E-state index in [0.717, 1.165) is 36.1 Å². The van der Waals surface area contributed by atoms with E-state index in [1.165, 1.54) is 13.0 Å². The van der Waals surface area contributed by atoms with Crippen molar-refractivity contribution in [1.82, 2.24) is 9.21 Å². The maximum absolute atomic E-state index is 14.1. The number of benzene rings is 2. The number of piperidine rings is 1. The molecule has 6 rings (SSSR count). The van der Waals surface area contributed by atoms with Gasteiger partial charge in [0, 0.05) is 42.1 Å². The van der Waals surface area contributed by atoms with Crippen molar-refractivity contribution in [2.24, 2.45) is 11.8 Å². The van der Waals surface area contributed by atoms with Gasteiger partial charge < -0.3 is 19.5 Å². The number of sulfonamides is 1. The fraction of sp³-hybridized carbons (Fsp3) is 0.567. The van der Waals surface area contributed by atoms with E-state index in [1.54, 1.807) is 4.31 Å². The molecule has 210 valence electrons. The first kappa shape index (κ1) is 26.6. The Balaban J connectivity index is 1.48. The van der Waals surface area contributed by atoms with E-state index in [-0.39, 0.29) is 35.4 Å². The van der Waals surface area contributed by atoms with Crippen molar-refractivity contribution in [3.05, 3.63) is 53.1 Å². The van der Waals surface area contributed by atoms with Gasteiger partial charge in [-0.05, 0) is 56.7 Å². The third kappa shape index (κ3) is 4.16. The lowest BCUT2D eigenvalue weighted by atomic mass is 9.51. The van der Waals surface area contributed by atoms with Crippen molar-refractivity contribution in [3.63, 3.8) is 0 Å². The third-order valence-electron chi connectivity index (χ3n) is 9.37. The topological polar surface area (TPSA) is 96.4 Å². The van der Waals surface area contributed by atoms with Crippen LogP contribution in [0.15, 0.2) is 36.4 Å². The monoisotopic (exact) mass is 554 g/mol. The van der Waals surface area contributed by atoms with E-state index in [0.29, 0.717) is 30.9 Å². The van der Waals surface area contributed by atoms with Gasteiger partial charge in [0.15, 0.2) is 11.5 Å². The Kier molecular flexibility index (Phi) is 6.47. The van der Waals surface area contributed by atoms with E-state index in [4.69, 9.17) is 9.47 Å². The molecule has 2 bridgehead atoms. The Hall–Kier alpha value is -2.62. The quantitative estimate of drug-likeness (QED) is 0.410. The van der Waals surface area contributed by atoms with Crippen molar-refractivity contribution < 1.29 is 27.8 Å². The summed E-state index contributed by atoms with van der Waals surface area (Å²) in [6, 6.07) is 10.7. The minimum atomic E-state index is -3.67. The van der Waals surface area contributed by atoms with Crippen LogP contribution in [0.2, 0.25) is 0 Å². The van der Waals surface area contributed by atoms with E-state index >= 15 is 0 Å². The van der Waals surface area contributed by atoms with Gasteiger partial charge in [0.1, 0.15) is 11.9 Å². The molecule has 2 fully saturated rings. The normalized spacial score (nSPS) is 29.3. The second-order valence-corrected chi connectivity index (χ2v) is 14.1. The molecule has 2 aliphatic heterocycles. The average Bonchev–Trinajstić information content (AvgIpc) is 3.21. The highest BCUT2D eigenvalue weighted by molar-refractivity contribution is 7.88. The van der Waals surface area contributed by atoms with Crippen LogP contribution >= 0.6 is 0 Å². The van der Waals surface area contributed by atoms with Gasteiger partial charge >= 0.3 is 5.97 Å². The molecule has 1 N–H and O–H groups in total. The molecule has 2 aromatic rings. The summed E-state index contributed by atoms with van der Waals surface area (Å²) in [4.78, 5) is 14.4. The third-order valence-corrected chi connectivity index (χ3v) is 11.2. The number of carbonyl (C=O) groups excluding carboxylic acids is 1. The fourth-order valence-electron chi connectivity index (χ4n) is 7.99. The number of carbonyl (C=O) groups is 1. The van der Waals surface area contributed by atoms with Crippen molar-refractivity contribution in [1.29, 1.82) is 0 Å². The highest BCUT2D eigenvalue weighted by atomic mass is 32.2. The smallest absolute Gasteiger partial charge is 0.308 e. The number of hydrogen-bond acceptors (Lipinski definition) is 7. The number of aromatic hydroxyl groups is 1. The number of hydrogen-bond donors (Lipinski definition) is 1. The molecule has 9 heteroatoms. The number of likely N-dealkylation sites (N-methyl/N-ethyl adjacent to an activating group) is 1. The van der Waals surface area contributed by atoms with Crippen LogP contribution in [0.3, 0.4) is 0 Å². The summed E-state index contributed by atoms with van der Waals surface area (Å²) in [7, 11) is -1.53. The number of esters is 1. The molecular formula is C30H38N2O6S. The number of ether oxygens (including phenoxy) is 2. The van der Waals surface area contributed by atoms with Gasteiger partial charge in [-0.25, -0.2) is 8.42 Å². The standard InChI is InChI=1S/C30H38N2O6S/c1-18(2)16-32(39(35,36)17-20-8-6-5-7-9-20)23-11-10-22-24-14-21-26(37-19(3)33)15-25(34)28-27(21)30(22,29(23)38-28)12-13-31(24)4/h5-9,15,18,22-24,29,34H,10-14,16-17H2,1-4H3/t22-,23+,24+,29-,30-/m0/s1. The van der Waals surface area contributed by atoms with Gasteiger partial charge in [0.25, 0.3) is 0 Å². The van der Waals surface area contributed by atoms with Gasteiger partial charge in [-0.15, -0.1) is 0 Å². The number of rotatable bonds is 7. The van der Waals surface area contributed by atoms with Crippen molar-refractivity contribution in [2.45, 2.75) is 75.8 Å². The summed E-state index contributed by atoms with van der Waals surface area (Å²) in [6.45, 7) is 6.70. The second-order valence-electron chi connectivity index (χ2n) is 12.2. The lowest BCUT2D eigenvalue weighted by Gasteiger charge is -2.60. The minimum absolute atomic E-state index is 0.0498. The number of phenols is 1. The molecular weight excluding hydrogens is 516 g/mol. The zero-order valence-electron chi connectivity index (χ0n) is 23.1. The molecule has 1 saturated heterocycles. The second kappa shape index (κ2) is 9.49. The zero-order valence-corrected chi connectivity index (χ0v) is 23.9. The molecule has 1 spiro atoms. The summed E-state index contributed by atoms with van der Waals surface area (Å²) in [5.74, 6) is 0.671. The summed E-state index contributed by atoms with van der Waals surface area (Å²) in [6.07, 6.45) is 2.64. The highest BCUT2D eigenvalue weighted by Gasteiger charge is 2.67. The lowest BCUT2D eigenvalue weighted by Crippen LogP contribution is -2.68. The molecule has 0 amide bonds. The zero-order chi connectivity index (χ0) is 27.7. The Morgan fingerprint density at radius 2 is 2.00 bits per heavy atom. The molecule has 0 aromatic heterocycles. The molecule has 2 aromatic carbocycles. The van der Waals surface area contributed by atoms with Crippen LogP contribution in [-0.2, 0) is 32.4 Å². The van der Waals surface area contributed by atoms with E-state index in [1.807, 2.05) is 44.2 Å². The molecule has 0 radical (unpaired) electrons. The van der Waals surface area contributed by atoms with Gasteiger partial charge in [-0.3, -0.25) is 4.79 Å². The van der Waals surface area contributed by atoms with Crippen LogP contribution in [0, 0.1) is 11.8 Å². The molecule has 1 saturated carbocycles. The van der Waals surface area contributed by atoms with Gasteiger partial charge in [0.05, 0.1) is 11.8 Å². The van der Waals surface area contributed by atoms with Crippen molar-refractivity contribution >= 4 is 16.0 Å².